The van der Waals surface area contributed by atoms with Crippen molar-refractivity contribution in [3.05, 3.63) is 99.7 Å². The van der Waals surface area contributed by atoms with Gasteiger partial charge < -0.3 is 0 Å². The molecule has 0 spiro atoms. The largest absolute Gasteiger partial charge is 0.278 e. The fourth-order valence-corrected chi connectivity index (χ4v) is 4.77. The molecule has 0 unspecified atom stereocenters. The highest BCUT2D eigenvalue weighted by Crippen LogP contribution is 2.32. The number of benzene rings is 3. The average Bonchev–Trinajstić information content (AvgIpc) is 3.17. The van der Waals surface area contributed by atoms with Crippen molar-refractivity contribution in [3.63, 3.8) is 0 Å². The predicted octanol–water partition coefficient (Wildman–Crippen LogP) is 5.21. The Hall–Kier alpha value is -3.69. The van der Waals surface area contributed by atoms with E-state index in [4.69, 9.17) is 11.6 Å². The van der Waals surface area contributed by atoms with Gasteiger partial charge in [-0.2, -0.15) is 5.10 Å². The topological polar surface area (TPSA) is 107 Å². The average molecular weight is 469 g/mol. The second-order valence-electron chi connectivity index (χ2n) is 6.94. The summed E-state index contributed by atoms with van der Waals surface area (Å²) in [5.41, 5.74) is 2.08. The molecule has 0 aliphatic rings. The summed E-state index contributed by atoms with van der Waals surface area (Å²) in [6.07, 6.45) is 0. The highest BCUT2D eigenvalue weighted by atomic mass is 35.5. The van der Waals surface area contributed by atoms with Crippen LogP contribution in [0.15, 0.2) is 83.8 Å². The molecule has 0 aliphatic heterocycles. The minimum atomic E-state index is -4.26. The van der Waals surface area contributed by atoms with Gasteiger partial charge in [0.15, 0.2) is 0 Å². The van der Waals surface area contributed by atoms with E-state index in [0.717, 1.165) is 11.6 Å². The summed E-state index contributed by atoms with van der Waals surface area (Å²) in [4.78, 5) is 10.4. The minimum absolute atomic E-state index is 0.159. The number of halogens is 1. The summed E-state index contributed by atoms with van der Waals surface area (Å²) in [7, 11) is -4.26. The lowest BCUT2D eigenvalue weighted by atomic mass is 10.1. The van der Waals surface area contributed by atoms with Gasteiger partial charge in [-0.15, -0.1) is 0 Å². The Morgan fingerprint density at radius 3 is 2.38 bits per heavy atom. The number of hydrogen-bond donors (Lipinski definition) is 1. The van der Waals surface area contributed by atoms with Gasteiger partial charge in [0.2, 0.25) is 0 Å². The molecule has 0 saturated heterocycles. The highest BCUT2D eigenvalue weighted by molar-refractivity contribution is 7.92. The van der Waals surface area contributed by atoms with Crippen LogP contribution in [0.3, 0.4) is 0 Å². The summed E-state index contributed by atoms with van der Waals surface area (Å²) < 4.78 is 30.6. The first-order valence-electron chi connectivity index (χ1n) is 9.44. The van der Waals surface area contributed by atoms with Crippen LogP contribution in [-0.2, 0) is 10.0 Å². The number of non-ortho nitro benzene ring substituents is 1. The molecule has 0 fully saturated rings. The molecule has 0 amide bonds. The molecule has 0 radical (unpaired) electrons. The van der Waals surface area contributed by atoms with E-state index < -0.39 is 14.9 Å². The lowest BCUT2D eigenvalue weighted by molar-refractivity contribution is -0.385. The molecule has 4 rings (SSSR count). The van der Waals surface area contributed by atoms with Gasteiger partial charge in [-0.3, -0.25) is 14.8 Å². The van der Waals surface area contributed by atoms with Crippen molar-refractivity contribution >= 4 is 33.0 Å². The monoisotopic (exact) mass is 468 g/mol. The lowest BCUT2D eigenvalue weighted by Gasteiger charge is -2.15. The number of nitro benzene ring substituents is 1. The Balaban J connectivity index is 1.92. The van der Waals surface area contributed by atoms with E-state index in [1.807, 2.05) is 36.4 Å². The summed E-state index contributed by atoms with van der Waals surface area (Å²) in [5.74, 6) is 0. The van der Waals surface area contributed by atoms with E-state index in [1.54, 1.807) is 19.1 Å². The number of aromatic nitrogens is 2. The van der Waals surface area contributed by atoms with Gasteiger partial charge in [-0.25, -0.2) is 13.1 Å². The molecule has 3 aromatic carbocycles. The molecule has 8 nitrogen and oxygen atoms in total. The number of nitrogens with zero attached hydrogens (tertiary/aromatic N) is 3. The summed E-state index contributed by atoms with van der Waals surface area (Å²) in [5, 5.41) is 16.0. The first-order valence-corrected chi connectivity index (χ1v) is 11.3. The molecule has 0 atom stereocenters. The number of rotatable bonds is 6. The molecule has 32 heavy (non-hydrogen) atoms. The van der Waals surface area contributed by atoms with Crippen LogP contribution in [0.5, 0.6) is 0 Å². The zero-order valence-electron chi connectivity index (χ0n) is 16.8. The third-order valence-corrected chi connectivity index (χ3v) is 6.42. The van der Waals surface area contributed by atoms with E-state index in [2.05, 4.69) is 9.82 Å². The Bertz CT molecular complexity index is 1420. The summed E-state index contributed by atoms with van der Waals surface area (Å²) in [6, 6.07) is 21.1. The Labute approximate surface area is 189 Å². The molecular weight excluding hydrogens is 452 g/mol. The van der Waals surface area contributed by atoms with Gasteiger partial charge in [-0.1, -0.05) is 54.1 Å². The number of aryl methyl sites for hydroxylation is 1. The van der Waals surface area contributed by atoms with Gasteiger partial charge in [0.1, 0.15) is 4.90 Å². The number of hydrogen-bond acceptors (Lipinski definition) is 5. The minimum Gasteiger partial charge on any atom is -0.278 e. The zero-order valence-corrected chi connectivity index (χ0v) is 18.3. The summed E-state index contributed by atoms with van der Waals surface area (Å²) >= 11 is 6.11. The Morgan fingerprint density at radius 2 is 1.69 bits per heavy atom. The number of sulfonamides is 1. The van der Waals surface area contributed by atoms with Crippen LogP contribution in [0.1, 0.15) is 5.69 Å². The predicted molar refractivity (Wildman–Crippen MR) is 123 cm³/mol. The SMILES string of the molecule is Cc1cc(-c2ccccc2)n(-c2ccc([N+](=O)[O-])cc2S(=O)(=O)Nc2ccccc2Cl)n1. The quantitative estimate of drug-likeness (QED) is 0.308. The van der Waals surface area contributed by atoms with Crippen LogP contribution < -0.4 is 4.72 Å². The molecule has 1 heterocycles. The number of nitro groups is 1. The van der Waals surface area contributed by atoms with Crippen LogP contribution >= 0.6 is 11.6 Å². The molecule has 0 bridgehead atoms. The summed E-state index contributed by atoms with van der Waals surface area (Å²) in [6.45, 7) is 1.78. The molecule has 0 saturated carbocycles. The van der Waals surface area contributed by atoms with Crippen LogP contribution in [0.25, 0.3) is 16.9 Å². The smallest absolute Gasteiger partial charge is 0.270 e. The normalized spacial score (nSPS) is 11.3. The second-order valence-corrected chi connectivity index (χ2v) is 9.00. The van der Waals surface area contributed by atoms with Gasteiger partial charge in [0.25, 0.3) is 15.7 Å². The maximum absolute atomic E-state index is 13.3. The second kappa shape index (κ2) is 8.45. The van der Waals surface area contributed by atoms with Crippen LogP contribution in [0, 0.1) is 17.0 Å². The first kappa shape index (κ1) is 21.5. The molecule has 0 aliphatic carbocycles. The van der Waals surface area contributed by atoms with Crippen molar-refractivity contribution in [2.75, 3.05) is 4.72 Å². The van der Waals surface area contributed by atoms with Crippen molar-refractivity contribution < 1.29 is 13.3 Å². The fourth-order valence-electron chi connectivity index (χ4n) is 3.25. The van der Waals surface area contributed by atoms with Crippen LogP contribution in [0.2, 0.25) is 5.02 Å². The number of nitrogens with one attached hydrogen (secondary N) is 1. The van der Waals surface area contributed by atoms with Gasteiger partial charge in [-0.05, 0) is 31.2 Å². The van der Waals surface area contributed by atoms with Crippen LogP contribution in [0.4, 0.5) is 11.4 Å². The van der Waals surface area contributed by atoms with Crippen molar-refractivity contribution in [2.24, 2.45) is 0 Å². The van der Waals surface area contributed by atoms with E-state index in [0.29, 0.717) is 11.4 Å². The molecular formula is C22H17ClN4O4S. The fraction of sp³-hybridized carbons (Fsp3) is 0.0455. The molecule has 1 aromatic heterocycles. The van der Waals surface area contributed by atoms with Crippen molar-refractivity contribution in [3.8, 4) is 16.9 Å². The first-order chi connectivity index (χ1) is 15.3. The third kappa shape index (κ3) is 4.20. The van der Waals surface area contributed by atoms with E-state index >= 15 is 0 Å². The van der Waals surface area contributed by atoms with E-state index in [1.165, 1.54) is 28.9 Å². The molecule has 4 aromatic rings. The van der Waals surface area contributed by atoms with Crippen molar-refractivity contribution in [2.45, 2.75) is 11.8 Å². The van der Waals surface area contributed by atoms with Gasteiger partial charge >= 0.3 is 0 Å². The Morgan fingerprint density at radius 1 is 1.00 bits per heavy atom. The van der Waals surface area contributed by atoms with Gasteiger partial charge in [0, 0.05) is 17.7 Å². The van der Waals surface area contributed by atoms with Gasteiger partial charge in [0.05, 0.1) is 32.7 Å². The Kier molecular flexibility index (Phi) is 5.68. The third-order valence-electron chi connectivity index (χ3n) is 4.69. The zero-order chi connectivity index (χ0) is 22.9. The lowest BCUT2D eigenvalue weighted by Crippen LogP contribution is -2.17. The molecule has 10 heteroatoms. The van der Waals surface area contributed by atoms with Crippen LogP contribution in [-0.4, -0.2) is 23.1 Å². The molecule has 162 valence electrons. The maximum atomic E-state index is 13.3. The van der Waals surface area contributed by atoms with E-state index in [-0.39, 0.29) is 27.0 Å². The van der Waals surface area contributed by atoms with E-state index in [9.17, 15) is 18.5 Å². The molecule has 1 N–H and O–H groups in total. The number of para-hydroxylation sites is 1. The van der Waals surface area contributed by atoms with Crippen molar-refractivity contribution in [1.29, 1.82) is 0 Å². The maximum Gasteiger partial charge on any atom is 0.270 e. The van der Waals surface area contributed by atoms with Crippen molar-refractivity contribution in [1.82, 2.24) is 9.78 Å². The standard InChI is InChI=1S/C22H17ClN4O4S/c1-15-13-21(16-7-3-2-4-8-16)26(24-15)20-12-11-17(27(28)29)14-22(20)32(30,31)25-19-10-6-5-9-18(19)23/h2-14,25H,1H3. The highest BCUT2D eigenvalue weighted by Gasteiger charge is 2.26. The number of anilines is 1.